The van der Waals surface area contributed by atoms with Gasteiger partial charge in [0, 0.05) is 5.56 Å². The number of hydrogen-bond acceptors (Lipinski definition) is 4. The van der Waals surface area contributed by atoms with E-state index in [1.54, 1.807) is 19.1 Å². The zero-order chi connectivity index (χ0) is 16.3. The third kappa shape index (κ3) is 3.69. The van der Waals surface area contributed by atoms with E-state index in [0.717, 1.165) is 12.8 Å². The Morgan fingerprint density at radius 2 is 1.86 bits per heavy atom. The molecule has 1 aromatic rings. The minimum Gasteiger partial charge on any atom is -0.493 e. The summed E-state index contributed by atoms with van der Waals surface area (Å²) in [5, 5.41) is 11.8. The van der Waals surface area contributed by atoms with Crippen LogP contribution in [0, 0.1) is 12.8 Å². The average molecular weight is 307 g/mol. The number of amides is 1. The molecule has 0 heterocycles. The molecule has 6 heteroatoms. The first-order valence-electron chi connectivity index (χ1n) is 7.22. The molecule has 1 aromatic carbocycles. The average Bonchev–Trinajstić information content (AvgIpc) is 3.29. The number of hydrogen-bond donors (Lipinski definition) is 2. The van der Waals surface area contributed by atoms with Crippen LogP contribution in [0.3, 0.4) is 0 Å². The van der Waals surface area contributed by atoms with E-state index >= 15 is 0 Å². The molecule has 1 atom stereocenters. The highest BCUT2D eigenvalue weighted by atomic mass is 16.5. The molecule has 1 aliphatic carbocycles. The van der Waals surface area contributed by atoms with Crippen molar-refractivity contribution in [3.63, 3.8) is 0 Å². The molecule has 22 heavy (non-hydrogen) atoms. The van der Waals surface area contributed by atoms with E-state index in [4.69, 9.17) is 9.47 Å². The first-order chi connectivity index (χ1) is 10.5. The van der Waals surface area contributed by atoms with Gasteiger partial charge in [-0.3, -0.25) is 4.79 Å². The minimum atomic E-state index is -1.00. The van der Waals surface area contributed by atoms with Crippen molar-refractivity contribution in [2.24, 2.45) is 5.92 Å². The van der Waals surface area contributed by atoms with Gasteiger partial charge in [0.2, 0.25) is 0 Å². The molecule has 2 rings (SSSR count). The SMILES string of the molecule is COc1cc(C)c(C(=O)NC(CC2CC2)C(=O)O)cc1OC. The highest BCUT2D eigenvalue weighted by molar-refractivity contribution is 5.98. The molecule has 0 aliphatic heterocycles. The molecular weight excluding hydrogens is 286 g/mol. The Labute approximate surface area is 129 Å². The van der Waals surface area contributed by atoms with E-state index in [1.165, 1.54) is 14.2 Å². The first kappa shape index (κ1) is 16.1. The van der Waals surface area contributed by atoms with Crippen LogP contribution in [0.2, 0.25) is 0 Å². The van der Waals surface area contributed by atoms with Crippen LogP contribution in [-0.4, -0.2) is 37.2 Å². The third-order valence-corrected chi connectivity index (χ3v) is 3.84. The number of nitrogens with one attached hydrogen (secondary N) is 1. The molecule has 2 N–H and O–H groups in total. The maximum atomic E-state index is 12.4. The standard InChI is InChI=1S/C16H21NO5/c1-9-6-13(21-2)14(22-3)8-11(9)15(18)17-12(16(19)20)7-10-4-5-10/h6,8,10,12H,4-5,7H2,1-3H3,(H,17,18)(H,19,20). The molecule has 1 amide bonds. The molecule has 0 aromatic heterocycles. The van der Waals surface area contributed by atoms with E-state index in [9.17, 15) is 14.7 Å². The van der Waals surface area contributed by atoms with Gasteiger partial charge in [0.1, 0.15) is 6.04 Å². The second-order valence-electron chi connectivity index (χ2n) is 5.57. The molecule has 0 saturated heterocycles. The molecule has 0 radical (unpaired) electrons. The Bertz CT molecular complexity index is 580. The third-order valence-electron chi connectivity index (χ3n) is 3.84. The van der Waals surface area contributed by atoms with Crippen molar-refractivity contribution in [3.05, 3.63) is 23.3 Å². The van der Waals surface area contributed by atoms with Crippen molar-refractivity contribution in [2.45, 2.75) is 32.2 Å². The van der Waals surface area contributed by atoms with Crippen LogP contribution in [0.4, 0.5) is 0 Å². The number of aliphatic carboxylic acids is 1. The number of benzene rings is 1. The Morgan fingerprint density at radius 1 is 1.27 bits per heavy atom. The predicted octanol–water partition coefficient (Wildman–Crippen LogP) is 2.00. The second-order valence-corrected chi connectivity index (χ2v) is 5.57. The quantitative estimate of drug-likeness (QED) is 0.805. The van der Waals surface area contributed by atoms with Gasteiger partial charge < -0.3 is 19.9 Å². The summed E-state index contributed by atoms with van der Waals surface area (Å²) in [5.74, 6) is -0.0329. The summed E-state index contributed by atoms with van der Waals surface area (Å²) in [4.78, 5) is 23.7. The molecule has 120 valence electrons. The zero-order valence-electron chi connectivity index (χ0n) is 13.0. The number of ether oxygens (including phenoxy) is 2. The summed E-state index contributed by atoms with van der Waals surface area (Å²) < 4.78 is 10.4. The maximum Gasteiger partial charge on any atom is 0.326 e. The van der Waals surface area contributed by atoms with Gasteiger partial charge in [-0.15, -0.1) is 0 Å². The van der Waals surface area contributed by atoms with Gasteiger partial charge in [0.05, 0.1) is 14.2 Å². The van der Waals surface area contributed by atoms with Crippen LogP contribution >= 0.6 is 0 Å². The van der Waals surface area contributed by atoms with E-state index in [0.29, 0.717) is 35.0 Å². The fraction of sp³-hybridized carbons (Fsp3) is 0.500. The van der Waals surface area contributed by atoms with Crippen molar-refractivity contribution in [1.82, 2.24) is 5.32 Å². The number of carbonyl (C=O) groups excluding carboxylic acids is 1. The molecule has 0 spiro atoms. The van der Waals surface area contributed by atoms with Gasteiger partial charge in [-0.2, -0.15) is 0 Å². The van der Waals surface area contributed by atoms with Crippen LogP contribution in [0.25, 0.3) is 0 Å². The summed E-state index contributed by atoms with van der Waals surface area (Å²) >= 11 is 0. The number of carboxylic acid groups (broad SMARTS) is 1. The van der Waals surface area contributed by atoms with Crippen molar-refractivity contribution in [1.29, 1.82) is 0 Å². The summed E-state index contributed by atoms with van der Waals surface area (Å²) in [6, 6.07) is 2.41. The number of rotatable bonds is 7. The lowest BCUT2D eigenvalue weighted by molar-refractivity contribution is -0.139. The molecule has 0 bridgehead atoms. The van der Waals surface area contributed by atoms with Crippen LogP contribution in [-0.2, 0) is 4.79 Å². The van der Waals surface area contributed by atoms with Crippen LogP contribution in [0.5, 0.6) is 11.5 Å². The summed E-state index contributed by atoms with van der Waals surface area (Å²) in [5.41, 5.74) is 1.09. The smallest absolute Gasteiger partial charge is 0.326 e. The lowest BCUT2D eigenvalue weighted by Gasteiger charge is -2.16. The molecule has 1 unspecified atom stereocenters. The minimum absolute atomic E-state index is 0.389. The van der Waals surface area contributed by atoms with Gasteiger partial charge in [-0.1, -0.05) is 12.8 Å². The fourth-order valence-electron chi connectivity index (χ4n) is 2.37. The van der Waals surface area contributed by atoms with Gasteiger partial charge in [-0.25, -0.2) is 4.79 Å². The Balaban J connectivity index is 2.18. The van der Waals surface area contributed by atoms with E-state index in [-0.39, 0.29) is 0 Å². The molecule has 6 nitrogen and oxygen atoms in total. The van der Waals surface area contributed by atoms with Crippen molar-refractivity contribution < 1.29 is 24.2 Å². The Hall–Kier alpha value is -2.24. The zero-order valence-corrected chi connectivity index (χ0v) is 13.0. The number of carbonyl (C=O) groups is 2. The normalized spacial score (nSPS) is 15.0. The number of carboxylic acids is 1. The van der Waals surface area contributed by atoms with Crippen molar-refractivity contribution >= 4 is 11.9 Å². The molecule has 1 saturated carbocycles. The Morgan fingerprint density at radius 3 is 2.36 bits per heavy atom. The largest absolute Gasteiger partial charge is 0.493 e. The van der Waals surface area contributed by atoms with Crippen LogP contribution in [0.15, 0.2) is 12.1 Å². The summed E-state index contributed by atoms with van der Waals surface area (Å²) in [6.07, 6.45) is 2.55. The molecule has 1 aliphatic rings. The van der Waals surface area contributed by atoms with E-state index in [1.807, 2.05) is 0 Å². The van der Waals surface area contributed by atoms with Crippen LogP contribution < -0.4 is 14.8 Å². The second kappa shape index (κ2) is 6.68. The number of aryl methyl sites for hydroxylation is 1. The fourth-order valence-corrected chi connectivity index (χ4v) is 2.37. The van der Waals surface area contributed by atoms with Crippen molar-refractivity contribution in [2.75, 3.05) is 14.2 Å². The van der Waals surface area contributed by atoms with Gasteiger partial charge in [0.25, 0.3) is 5.91 Å². The monoisotopic (exact) mass is 307 g/mol. The molecule has 1 fully saturated rings. The van der Waals surface area contributed by atoms with E-state index < -0.39 is 17.9 Å². The van der Waals surface area contributed by atoms with Gasteiger partial charge >= 0.3 is 5.97 Å². The Kier molecular flexibility index (Phi) is 4.90. The molecular formula is C16H21NO5. The predicted molar refractivity (Wildman–Crippen MR) is 80.5 cm³/mol. The number of methoxy groups -OCH3 is 2. The first-order valence-corrected chi connectivity index (χ1v) is 7.22. The van der Waals surface area contributed by atoms with Crippen LogP contribution in [0.1, 0.15) is 35.2 Å². The highest BCUT2D eigenvalue weighted by Gasteiger charge is 2.30. The van der Waals surface area contributed by atoms with Gasteiger partial charge in [0.15, 0.2) is 11.5 Å². The lowest BCUT2D eigenvalue weighted by Crippen LogP contribution is -2.41. The highest BCUT2D eigenvalue weighted by Crippen LogP contribution is 2.34. The van der Waals surface area contributed by atoms with Gasteiger partial charge in [-0.05, 0) is 37.0 Å². The van der Waals surface area contributed by atoms with E-state index in [2.05, 4.69) is 5.32 Å². The maximum absolute atomic E-state index is 12.4. The van der Waals surface area contributed by atoms with Crippen molar-refractivity contribution in [3.8, 4) is 11.5 Å². The summed E-state index contributed by atoms with van der Waals surface area (Å²) in [7, 11) is 3.01. The lowest BCUT2D eigenvalue weighted by atomic mass is 10.1. The topological polar surface area (TPSA) is 84.9 Å². The summed E-state index contributed by atoms with van der Waals surface area (Å²) in [6.45, 7) is 1.77.